The van der Waals surface area contributed by atoms with Crippen molar-refractivity contribution in [2.75, 3.05) is 20.2 Å². The molecule has 2 heterocycles. The van der Waals surface area contributed by atoms with Gasteiger partial charge in [0.1, 0.15) is 0 Å². The van der Waals surface area contributed by atoms with E-state index in [-0.39, 0.29) is 18.7 Å². The fourth-order valence-corrected chi connectivity index (χ4v) is 3.09. The van der Waals surface area contributed by atoms with Gasteiger partial charge in [-0.15, -0.1) is 0 Å². The summed E-state index contributed by atoms with van der Waals surface area (Å²) in [6.07, 6.45) is 2.64. The molecule has 2 rings (SSSR count). The summed E-state index contributed by atoms with van der Waals surface area (Å²) in [6.45, 7) is 1.03. The van der Waals surface area contributed by atoms with Gasteiger partial charge in [-0.1, -0.05) is 0 Å². The predicted molar refractivity (Wildman–Crippen MR) is 71.2 cm³/mol. The number of aromatic nitrogens is 2. The summed E-state index contributed by atoms with van der Waals surface area (Å²) in [5.41, 5.74) is 7.01. The molecule has 1 fully saturated rings. The molecule has 7 heteroatoms. The minimum atomic E-state index is 0.173. The van der Waals surface area contributed by atoms with E-state index in [1.807, 2.05) is 18.8 Å². The molecule has 0 bridgehead atoms. The average Bonchev–Trinajstić information content (AvgIpc) is 2.84. The van der Waals surface area contributed by atoms with Gasteiger partial charge in [0, 0.05) is 0 Å². The van der Waals surface area contributed by atoms with E-state index in [0.717, 1.165) is 46.4 Å². The maximum atomic E-state index is 9.22. The number of aliphatic imine (C=N–C) groups is 1. The van der Waals surface area contributed by atoms with E-state index in [1.54, 1.807) is 6.20 Å². The first-order chi connectivity index (χ1) is 8.52. The molecule has 2 atom stereocenters. The molecule has 1 aromatic heterocycles. The van der Waals surface area contributed by atoms with Crippen LogP contribution in [-0.2, 0) is 7.05 Å². The zero-order valence-electron chi connectivity index (χ0n) is 10.7. The quantitative estimate of drug-likeness (QED) is 0.487. The number of nitrogens with two attached hydrogens (primary N) is 1. The molecule has 0 aliphatic carbocycles. The SMILES string of the molecule is CN1C[C@@H](N=C(N)c2cnn(C)[c]2[In])C[C@@H]1CO. The number of rotatable bonds is 3. The first-order valence-electron chi connectivity index (χ1n) is 5.95. The molecule has 0 unspecified atom stereocenters. The van der Waals surface area contributed by atoms with Crippen LogP contribution in [0, 0.1) is 0 Å². The number of aliphatic hydroxyl groups excluding tert-OH is 1. The molecule has 0 aromatic carbocycles. The van der Waals surface area contributed by atoms with E-state index in [1.165, 1.54) is 0 Å². The Morgan fingerprint density at radius 2 is 2.39 bits per heavy atom. The van der Waals surface area contributed by atoms with Gasteiger partial charge in [-0.25, -0.2) is 0 Å². The minimum absolute atomic E-state index is 0.173. The summed E-state index contributed by atoms with van der Waals surface area (Å²) >= 11 is 0.967. The van der Waals surface area contributed by atoms with Crippen LogP contribution in [0.2, 0.25) is 0 Å². The van der Waals surface area contributed by atoms with Gasteiger partial charge in [0.2, 0.25) is 0 Å². The number of hydrogen-bond acceptors (Lipinski definition) is 4. The Bertz CT molecular complexity index is 458. The van der Waals surface area contributed by atoms with Gasteiger partial charge in [-0.3, -0.25) is 0 Å². The third-order valence-electron chi connectivity index (χ3n) is 3.46. The van der Waals surface area contributed by atoms with Crippen molar-refractivity contribution in [2.45, 2.75) is 18.5 Å². The monoisotopic (exact) mass is 351 g/mol. The Balaban J connectivity index is 2.12. The van der Waals surface area contributed by atoms with Crippen LogP contribution in [0.1, 0.15) is 12.0 Å². The second-order valence-corrected chi connectivity index (χ2v) is 6.31. The Labute approximate surface area is 121 Å². The van der Waals surface area contributed by atoms with E-state index < -0.39 is 0 Å². The third-order valence-corrected chi connectivity index (χ3v) is 5.41. The van der Waals surface area contributed by atoms with Crippen molar-refractivity contribution in [3.05, 3.63) is 11.8 Å². The molecule has 18 heavy (non-hydrogen) atoms. The Morgan fingerprint density at radius 3 is 2.89 bits per heavy atom. The molecule has 0 amide bonds. The summed E-state index contributed by atoms with van der Waals surface area (Å²) in [4.78, 5) is 6.71. The topological polar surface area (TPSA) is 79.7 Å². The van der Waals surface area contributed by atoms with E-state index in [0.29, 0.717) is 5.84 Å². The van der Waals surface area contributed by atoms with Crippen LogP contribution >= 0.6 is 0 Å². The van der Waals surface area contributed by atoms with Crippen molar-refractivity contribution in [1.82, 2.24) is 14.7 Å². The van der Waals surface area contributed by atoms with Crippen molar-refractivity contribution >= 4 is 33.7 Å². The van der Waals surface area contributed by atoms with Gasteiger partial charge in [0.25, 0.3) is 0 Å². The number of aliphatic hydroxyl groups is 1. The molecule has 96 valence electrons. The van der Waals surface area contributed by atoms with E-state index in [9.17, 15) is 5.11 Å². The van der Waals surface area contributed by atoms with Gasteiger partial charge in [0.05, 0.1) is 0 Å². The number of amidine groups is 1. The van der Waals surface area contributed by atoms with Gasteiger partial charge >= 0.3 is 122 Å². The van der Waals surface area contributed by atoms with E-state index >= 15 is 0 Å². The Morgan fingerprint density at radius 1 is 1.67 bits per heavy atom. The molecule has 0 spiro atoms. The van der Waals surface area contributed by atoms with Gasteiger partial charge in [-0.05, 0) is 0 Å². The molecule has 0 saturated carbocycles. The maximum absolute atomic E-state index is 9.22. The van der Waals surface area contributed by atoms with Crippen LogP contribution in [0.3, 0.4) is 0 Å². The molecule has 2 radical (unpaired) electrons. The zero-order valence-corrected chi connectivity index (χ0v) is 14.0. The van der Waals surface area contributed by atoms with Crippen LogP contribution in [0.15, 0.2) is 11.2 Å². The number of nitrogens with zero attached hydrogens (tertiary/aromatic N) is 4. The van der Waals surface area contributed by atoms with Crippen LogP contribution in [0.4, 0.5) is 0 Å². The molecular formula is C11H18InN5O. The van der Waals surface area contributed by atoms with Crippen molar-refractivity contribution in [2.24, 2.45) is 17.8 Å². The van der Waals surface area contributed by atoms with Crippen LogP contribution < -0.4 is 9.18 Å². The molecule has 6 nitrogen and oxygen atoms in total. The predicted octanol–water partition coefficient (Wildman–Crippen LogP) is -2.02. The summed E-state index contributed by atoms with van der Waals surface area (Å²) in [6, 6.07) is 0.377. The first-order valence-corrected chi connectivity index (χ1v) is 7.60. The Kier molecular flexibility index (Phi) is 4.34. The van der Waals surface area contributed by atoms with Gasteiger partial charge < -0.3 is 0 Å². The van der Waals surface area contributed by atoms with Crippen LogP contribution in [0.25, 0.3) is 0 Å². The zero-order chi connectivity index (χ0) is 13.3. The summed E-state index contributed by atoms with van der Waals surface area (Å²) in [5, 5.41) is 13.4. The molecule has 3 N–H and O–H groups in total. The normalized spacial score (nSPS) is 25.8. The van der Waals surface area contributed by atoms with Gasteiger partial charge in [0.15, 0.2) is 0 Å². The van der Waals surface area contributed by atoms with E-state index in [2.05, 4.69) is 15.0 Å². The Hall–Kier alpha value is -0.530. The van der Waals surface area contributed by atoms with Crippen LogP contribution in [0.5, 0.6) is 0 Å². The molecule has 1 saturated heterocycles. The van der Waals surface area contributed by atoms with Crippen LogP contribution in [-0.4, -0.2) is 82.3 Å². The fraction of sp³-hybridized carbons (Fsp3) is 0.636. The molecule has 1 aliphatic rings. The number of aryl methyl sites for hydroxylation is 1. The van der Waals surface area contributed by atoms with E-state index in [4.69, 9.17) is 5.73 Å². The summed E-state index contributed by atoms with van der Waals surface area (Å²) in [5.74, 6) is 0.572. The molecule has 1 aromatic rings. The average molecular weight is 351 g/mol. The summed E-state index contributed by atoms with van der Waals surface area (Å²) in [7, 11) is 3.93. The van der Waals surface area contributed by atoms with Crippen molar-refractivity contribution < 1.29 is 5.11 Å². The second kappa shape index (κ2) is 5.63. The standard InChI is InChI=1S/C11H18N5O.In/c1-15-6-9(3-10(15)7-17)14-11(12)8-4-13-16(2)5-8;/h4,9-10,17H,3,6-7H2,1-2H3,(H2,12,14);/t9-,10+;/m0./s1. The number of likely N-dealkylation sites (tertiary alicyclic amines) is 1. The van der Waals surface area contributed by atoms with Crippen molar-refractivity contribution in [3.63, 3.8) is 0 Å². The molecule has 1 aliphatic heterocycles. The number of likely N-dealkylation sites (N-methyl/N-ethyl adjacent to an activating group) is 1. The first kappa shape index (κ1) is 13.9. The summed E-state index contributed by atoms with van der Waals surface area (Å²) < 4.78 is 2.99. The number of hydrogen-bond donors (Lipinski definition) is 2. The van der Waals surface area contributed by atoms with Gasteiger partial charge in [-0.2, -0.15) is 0 Å². The van der Waals surface area contributed by atoms with Crippen molar-refractivity contribution in [1.29, 1.82) is 0 Å². The van der Waals surface area contributed by atoms with Crippen molar-refractivity contribution in [3.8, 4) is 0 Å². The fourth-order valence-electron chi connectivity index (χ4n) is 2.27. The third kappa shape index (κ3) is 2.73. The second-order valence-electron chi connectivity index (χ2n) is 4.75. The molecular weight excluding hydrogens is 333 g/mol.